The molecule has 0 spiro atoms. The number of rotatable bonds is 3. The second kappa shape index (κ2) is 7.05. The third-order valence-electron chi connectivity index (χ3n) is 4.16. The fourth-order valence-electron chi connectivity index (χ4n) is 2.89. The first-order chi connectivity index (χ1) is 12.2. The minimum Gasteiger partial charge on any atom is -0.495 e. The van der Waals surface area contributed by atoms with E-state index in [1.54, 1.807) is 42.3 Å². The second-order valence-corrected chi connectivity index (χ2v) is 5.60. The van der Waals surface area contributed by atoms with Crippen molar-refractivity contribution in [2.24, 2.45) is 0 Å². The van der Waals surface area contributed by atoms with Gasteiger partial charge < -0.3 is 14.5 Å². The molecule has 2 aromatic carbocycles. The topological polar surface area (TPSA) is 73.6 Å². The van der Waals surface area contributed by atoms with Crippen molar-refractivity contribution in [3.05, 3.63) is 59.7 Å². The zero-order chi connectivity index (χ0) is 17.8. The molecule has 0 radical (unpaired) electrons. The van der Waals surface area contributed by atoms with Crippen molar-refractivity contribution in [2.75, 3.05) is 31.6 Å². The molecular formula is C19H17N3O3. The summed E-state index contributed by atoms with van der Waals surface area (Å²) in [4.78, 5) is 28.3. The van der Waals surface area contributed by atoms with Crippen molar-refractivity contribution in [1.82, 2.24) is 4.90 Å². The van der Waals surface area contributed by atoms with Crippen LogP contribution in [-0.2, 0) is 4.79 Å². The fraction of sp³-hybridized carbons (Fsp3) is 0.211. The number of methoxy groups -OCH3 is 1. The molecule has 1 heterocycles. The molecule has 0 bridgehead atoms. The first-order valence-electron chi connectivity index (χ1n) is 7.87. The van der Waals surface area contributed by atoms with Crippen molar-refractivity contribution in [2.45, 2.75) is 0 Å². The van der Waals surface area contributed by atoms with E-state index in [4.69, 9.17) is 10.00 Å². The summed E-state index contributed by atoms with van der Waals surface area (Å²) < 4.78 is 5.31. The molecule has 25 heavy (non-hydrogen) atoms. The van der Waals surface area contributed by atoms with E-state index in [1.165, 1.54) is 4.90 Å². The van der Waals surface area contributed by atoms with E-state index in [9.17, 15) is 9.59 Å². The lowest BCUT2D eigenvalue weighted by atomic mass is 10.1. The Bertz CT molecular complexity index is 857. The molecular weight excluding hydrogens is 318 g/mol. The van der Waals surface area contributed by atoms with E-state index >= 15 is 0 Å². The van der Waals surface area contributed by atoms with E-state index < -0.39 is 0 Å². The van der Waals surface area contributed by atoms with Gasteiger partial charge in [-0.3, -0.25) is 9.59 Å². The summed E-state index contributed by atoms with van der Waals surface area (Å²) in [6.07, 6.45) is 0. The zero-order valence-electron chi connectivity index (χ0n) is 13.8. The van der Waals surface area contributed by atoms with Gasteiger partial charge in [0, 0.05) is 13.1 Å². The van der Waals surface area contributed by atoms with Gasteiger partial charge in [0.2, 0.25) is 5.91 Å². The zero-order valence-corrected chi connectivity index (χ0v) is 13.8. The van der Waals surface area contributed by atoms with Crippen molar-refractivity contribution in [1.29, 1.82) is 5.26 Å². The molecule has 2 amide bonds. The number of hydrogen-bond donors (Lipinski definition) is 0. The van der Waals surface area contributed by atoms with Crippen molar-refractivity contribution >= 4 is 17.5 Å². The molecule has 1 aliphatic heterocycles. The van der Waals surface area contributed by atoms with E-state index in [1.807, 2.05) is 24.3 Å². The Kier molecular flexibility index (Phi) is 4.66. The van der Waals surface area contributed by atoms with Gasteiger partial charge in [-0.1, -0.05) is 24.3 Å². The predicted octanol–water partition coefficient (Wildman–Crippen LogP) is 2.06. The van der Waals surface area contributed by atoms with Crippen LogP contribution in [0.15, 0.2) is 48.5 Å². The monoisotopic (exact) mass is 335 g/mol. The molecule has 0 aliphatic carbocycles. The maximum Gasteiger partial charge on any atom is 0.255 e. The highest BCUT2D eigenvalue weighted by Gasteiger charge is 2.30. The SMILES string of the molecule is COc1ccccc1N1CCN(C(=O)c2ccccc2C#N)CC1=O. The number of anilines is 1. The number of nitriles is 1. The van der Waals surface area contributed by atoms with Crippen LogP contribution < -0.4 is 9.64 Å². The number of hydrogen-bond acceptors (Lipinski definition) is 4. The first-order valence-corrected chi connectivity index (χ1v) is 7.87. The third kappa shape index (κ3) is 3.17. The van der Waals surface area contributed by atoms with Crippen LogP contribution in [0.1, 0.15) is 15.9 Å². The van der Waals surface area contributed by atoms with E-state index in [0.29, 0.717) is 35.7 Å². The molecule has 0 unspecified atom stereocenters. The Hall–Kier alpha value is -3.33. The summed E-state index contributed by atoms with van der Waals surface area (Å²) in [6.45, 7) is 0.735. The number of carbonyl (C=O) groups excluding carboxylic acids is 2. The van der Waals surface area contributed by atoms with Crippen LogP contribution in [-0.4, -0.2) is 43.5 Å². The Morgan fingerprint density at radius 1 is 1.12 bits per heavy atom. The molecule has 1 aliphatic rings. The average molecular weight is 335 g/mol. The van der Waals surface area contributed by atoms with Gasteiger partial charge in [-0.05, 0) is 24.3 Å². The van der Waals surface area contributed by atoms with E-state index in [-0.39, 0.29) is 18.4 Å². The molecule has 6 nitrogen and oxygen atoms in total. The lowest BCUT2D eigenvalue weighted by molar-refractivity contribution is -0.120. The molecule has 0 saturated carbocycles. The molecule has 3 rings (SSSR count). The van der Waals surface area contributed by atoms with Gasteiger partial charge >= 0.3 is 0 Å². The lowest BCUT2D eigenvalue weighted by Gasteiger charge is -2.35. The molecule has 0 aromatic heterocycles. The minimum atomic E-state index is -0.301. The van der Waals surface area contributed by atoms with Gasteiger partial charge in [-0.2, -0.15) is 5.26 Å². The van der Waals surface area contributed by atoms with Crippen LogP contribution in [0.25, 0.3) is 0 Å². The minimum absolute atomic E-state index is 0.0311. The maximum atomic E-state index is 12.7. The maximum absolute atomic E-state index is 12.7. The number of carbonyl (C=O) groups is 2. The number of amides is 2. The number of piperazine rings is 1. The van der Waals surface area contributed by atoms with Crippen LogP contribution in [0.3, 0.4) is 0 Å². The van der Waals surface area contributed by atoms with Crippen molar-refractivity contribution in [3.8, 4) is 11.8 Å². The van der Waals surface area contributed by atoms with Crippen LogP contribution >= 0.6 is 0 Å². The summed E-state index contributed by atoms with van der Waals surface area (Å²) in [5, 5.41) is 9.16. The summed E-state index contributed by atoms with van der Waals surface area (Å²) in [5.74, 6) is 0.133. The highest BCUT2D eigenvalue weighted by atomic mass is 16.5. The van der Waals surface area contributed by atoms with Crippen molar-refractivity contribution < 1.29 is 14.3 Å². The highest BCUT2D eigenvalue weighted by molar-refractivity contribution is 6.03. The fourth-order valence-corrected chi connectivity index (χ4v) is 2.89. The summed E-state index contributed by atoms with van der Waals surface area (Å²) >= 11 is 0. The van der Waals surface area contributed by atoms with Gasteiger partial charge in [0.1, 0.15) is 12.3 Å². The quantitative estimate of drug-likeness (QED) is 0.860. The number of ether oxygens (including phenoxy) is 1. The summed E-state index contributed by atoms with van der Waals surface area (Å²) in [6, 6.07) is 15.9. The lowest BCUT2D eigenvalue weighted by Crippen LogP contribution is -2.52. The molecule has 6 heteroatoms. The largest absolute Gasteiger partial charge is 0.495 e. The first kappa shape index (κ1) is 16.5. The van der Waals surface area contributed by atoms with Crippen LogP contribution in [0.5, 0.6) is 5.75 Å². The van der Waals surface area contributed by atoms with Crippen LogP contribution in [0, 0.1) is 11.3 Å². The van der Waals surface area contributed by atoms with Gasteiger partial charge in [0.25, 0.3) is 5.91 Å². The van der Waals surface area contributed by atoms with E-state index in [2.05, 4.69) is 0 Å². The predicted molar refractivity (Wildman–Crippen MR) is 92.4 cm³/mol. The normalized spacial score (nSPS) is 14.2. The van der Waals surface area contributed by atoms with Gasteiger partial charge in [-0.25, -0.2) is 0 Å². The third-order valence-corrected chi connectivity index (χ3v) is 4.16. The Morgan fingerprint density at radius 3 is 2.56 bits per heavy atom. The summed E-state index contributed by atoms with van der Waals surface area (Å²) in [5.41, 5.74) is 1.33. The number of para-hydroxylation sites is 2. The number of nitrogens with zero attached hydrogens (tertiary/aromatic N) is 3. The molecule has 1 fully saturated rings. The van der Waals surface area contributed by atoms with Crippen molar-refractivity contribution in [3.63, 3.8) is 0 Å². The van der Waals surface area contributed by atoms with Crippen LogP contribution in [0.4, 0.5) is 5.69 Å². The second-order valence-electron chi connectivity index (χ2n) is 5.60. The highest BCUT2D eigenvalue weighted by Crippen LogP contribution is 2.29. The standard InChI is InChI=1S/C19H17N3O3/c1-25-17-9-5-4-8-16(17)22-11-10-21(13-18(22)23)19(24)15-7-3-2-6-14(15)12-20/h2-9H,10-11,13H2,1H3. The van der Waals surface area contributed by atoms with Crippen LogP contribution in [0.2, 0.25) is 0 Å². The van der Waals surface area contributed by atoms with Gasteiger partial charge in [0.15, 0.2) is 0 Å². The molecule has 2 aromatic rings. The summed E-state index contributed by atoms with van der Waals surface area (Å²) in [7, 11) is 1.56. The molecule has 126 valence electrons. The van der Waals surface area contributed by atoms with E-state index in [0.717, 1.165) is 0 Å². The smallest absolute Gasteiger partial charge is 0.255 e. The average Bonchev–Trinajstić information content (AvgIpc) is 2.67. The Labute approximate surface area is 145 Å². The molecule has 0 atom stereocenters. The Balaban J connectivity index is 1.79. The van der Waals surface area contributed by atoms with Gasteiger partial charge in [0.05, 0.1) is 30.0 Å². The molecule has 1 saturated heterocycles. The molecule has 0 N–H and O–H groups in total. The Morgan fingerprint density at radius 2 is 1.84 bits per heavy atom. The number of benzene rings is 2. The van der Waals surface area contributed by atoms with Gasteiger partial charge in [-0.15, -0.1) is 0 Å².